The van der Waals surface area contributed by atoms with Gasteiger partial charge < -0.3 is 85.3 Å². The molecule has 0 fully saturated rings. The van der Waals surface area contributed by atoms with Crippen LogP contribution >= 0.6 is 0 Å². The Morgan fingerprint density at radius 2 is 1.10 bits per heavy atom. The Morgan fingerprint density at radius 1 is 0.492 bits per heavy atom. The number of carbonyl (C=O) groups is 1. The van der Waals surface area contributed by atoms with E-state index in [1.54, 1.807) is 0 Å². The molecule has 10 rings (SSSR count). The van der Waals surface area contributed by atoms with Crippen molar-refractivity contribution < 1.29 is 90.1 Å². The van der Waals surface area contributed by atoms with Gasteiger partial charge in [0.05, 0.1) is 29.4 Å². The molecule has 5 aromatic carbocycles. The van der Waals surface area contributed by atoms with E-state index in [2.05, 4.69) is 0 Å². The second kappa shape index (κ2) is 13.9. The number of phenolic OH excluding ortho intramolecular Hbond substituents is 9. The first-order valence-corrected chi connectivity index (χ1v) is 19.5. The van der Waals surface area contributed by atoms with E-state index in [0.29, 0.717) is 0 Å². The van der Waals surface area contributed by atoms with Crippen molar-refractivity contribution in [2.75, 3.05) is 0 Å². The average Bonchev–Trinajstić information content (AvgIpc) is 3.61. The predicted octanol–water partition coefficient (Wildman–Crippen LogP) is 3.68. The fraction of sp³-hybridized carbons (Fsp3) is 0.222. The molecule has 7 unspecified atom stereocenters. The molecule has 0 saturated carbocycles. The van der Waals surface area contributed by atoms with Crippen LogP contribution in [0.15, 0.2) is 72.0 Å². The lowest BCUT2D eigenvalue weighted by molar-refractivity contribution is -0.122. The summed E-state index contributed by atoms with van der Waals surface area (Å²) in [5, 5.41) is 142. The van der Waals surface area contributed by atoms with Crippen LogP contribution in [0, 0.1) is 0 Å². The SMILES string of the molecule is O=C1C(O)=CC(C2Oc3c(c(O)cc(O)c3-c3cc(O)c(O)cc3C3Oc4cc(O)cc(O)c4CC3O)CC2O)=C2c3c(cc(O)c4c3OC(c3ccc(O)c(O)c3)C(O)C4)OC12. The number of aromatic hydroxyl groups is 9. The zero-order chi connectivity index (χ0) is 44.5. The van der Waals surface area contributed by atoms with Gasteiger partial charge in [0.2, 0.25) is 5.78 Å². The maximum Gasteiger partial charge on any atom is 0.242 e. The largest absolute Gasteiger partial charge is 0.508 e. The van der Waals surface area contributed by atoms with Crippen LogP contribution in [0.25, 0.3) is 16.7 Å². The monoisotopic (exact) mass is 864 g/mol. The number of ether oxygens (including phenoxy) is 4. The Bertz CT molecular complexity index is 2900. The van der Waals surface area contributed by atoms with Crippen molar-refractivity contribution in [3.8, 4) is 85.9 Å². The first kappa shape index (κ1) is 39.5. The molecule has 5 aromatic rings. The molecule has 7 atom stereocenters. The highest BCUT2D eigenvalue weighted by atomic mass is 16.5. The number of phenols is 9. The van der Waals surface area contributed by atoms with Gasteiger partial charge in [0.15, 0.2) is 47.1 Å². The number of fused-ring (bicyclic) bond motifs is 7. The van der Waals surface area contributed by atoms with Crippen molar-refractivity contribution in [3.63, 3.8) is 0 Å². The highest BCUT2D eigenvalue weighted by molar-refractivity contribution is 6.11. The molecule has 63 heavy (non-hydrogen) atoms. The van der Waals surface area contributed by atoms with E-state index in [0.717, 1.165) is 30.3 Å². The maximum atomic E-state index is 13.6. The van der Waals surface area contributed by atoms with Crippen molar-refractivity contribution in [2.45, 2.75) is 62.0 Å². The average molecular weight is 865 g/mol. The Labute approximate surface area is 354 Å². The zero-order valence-corrected chi connectivity index (χ0v) is 32.3. The van der Waals surface area contributed by atoms with E-state index in [1.807, 2.05) is 0 Å². The van der Waals surface area contributed by atoms with Gasteiger partial charge in [-0.25, -0.2) is 0 Å². The van der Waals surface area contributed by atoms with Crippen molar-refractivity contribution in [1.82, 2.24) is 0 Å². The molecular formula is C45H36O18. The fourth-order valence-corrected chi connectivity index (χ4v) is 9.16. The summed E-state index contributed by atoms with van der Waals surface area (Å²) in [6.07, 6.45) is -9.70. The third kappa shape index (κ3) is 6.01. The molecular weight excluding hydrogens is 828 g/mol. The van der Waals surface area contributed by atoms with Crippen LogP contribution in [0.3, 0.4) is 0 Å². The summed E-state index contributed by atoms with van der Waals surface area (Å²) in [6.45, 7) is 0. The number of hydrogen-bond donors (Lipinski definition) is 13. The van der Waals surface area contributed by atoms with E-state index in [4.69, 9.17) is 18.9 Å². The van der Waals surface area contributed by atoms with Gasteiger partial charge in [-0.15, -0.1) is 0 Å². The Hall–Kier alpha value is -7.67. The van der Waals surface area contributed by atoms with E-state index < -0.39 is 88.8 Å². The van der Waals surface area contributed by atoms with Gasteiger partial charge in [-0.2, -0.15) is 0 Å². The Balaban J connectivity index is 1.13. The minimum absolute atomic E-state index is 0.0141. The number of carbonyl (C=O) groups excluding carboxylic acids is 1. The summed E-state index contributed by atoms with van der Waals surface area (Å²) >= 11 is 0. The van der Waals surface area contributed by atoms with Gasteiger partial charge in [0.1, 0.15) is 57.8 Å². The molecule has 18 heteroatoms. The quantitative estimate of drug-likeness (QED) is 0.115. The summed E-state index contributed by atoms with van der Waals surface area (Å²) in [5.74, 6) is -6.62. The molecule has 1 aliphatic carbocycles. The van der Waals surface area contributed by atoms with Crippen LogP contribution in [0.2, 0.25) is 0 Å². The zero-order valence-electron chi connectivity index (χ0n) is 32.3. The third-order valence-corrected chi connectivity index (χ3v) is 12.1. The first-order valence-electron chi connectivity index (χ1n) is 19.5. The number of ketones is 1. The number of benzene rings is 5. The standard InChI is InChI=1S/C45H36O18/c46-15-4-23(48)18-8-32(57)41(60-34(18)5-15)17-7-28(53)27(52)6-16(17)36-29(54)12-24(49)19-10-33(58)42(63-43(19)36)21-11-30(55)39(59)45-37(21)38-35(61-45)13-25(50)20-9-31(56)40(62-44(20)38)14-1-2-22(47)26(51)3-14/h1-7,11-13,31-33,40-42,45-58H,8-10H2. The van der Waals surface area contributed by atoms with Gasteiger partial charge in [0, 0.05) is 82.5 Å². The second-order valence-electron chi connectivity index (χ2n) is 16.0. The molecule has 4 aliphatic heterocycles. The smallest absolute Gasteiger partial charge is 0.242 e. The van der Waals surface area contributed by atoms with Crippen molar-refractivity contribution in [2.24, 2.45) is 0 Å². The van der Waals surface area contributed by atoms with Crippen molar-refractivity contribution in [3.05, 3.63) is 105 Å². The van der Waals surface area contributed by atoms with Gasteiger partial charge in [-0.3, -0.25) is 4.79 Å². The molecule has 4 heterocycles. The van der Waals surface area contributed by atoms with Crippen LogP contribution in [-0.2, 0) is 24.1 Å². The summed E-state index contributed by atoms with van der Waals surface area (Å²) < 4.78 is 25.0. The van der Waals surface area contributed by atoms with Crippen molar-refractivity contribution in [1.29, 1.82) is 0 Å². The first-order chi connectivity index (χ1) is 30.0. The topological polar surface area (TPSA) is 317 Å². The fourth-order valence-electron chi connectivity index (χ4n) is 9.16. The Morgan fingerprint density at radius 3 is 1.83 bits per heavy atom. The number of aliphatic hydroxyl groups is 4. The van der Waals surface area contributed by atoms with E-state index in [-0.39, 0.29) is 115 Å². The molecule has 0 radical (unpaired) electrons. The Kier molecular flexibility index (Phi) is 8.72. The van der Waals surface area contributed by atoms with Gasteiger partial charge in [-0.1, -0.05) is 6.07 Å². The molecule has 0 bridgehead atoms. The van der Waals surface area contributed by atoms with E-state index in [9.17, 15) is 71.2 Å². The number of hydrogen-bond acceptors (Lipinski definition) is 18. The van der Waals surface area contributed by atoms with E-state index >= 15 is 0 Å². The molecule has 18 nitrogen and oxygen atoms in total. The van der Waals surface area contributed by atoms with Gasteiger partial charge in [-0.05, 0) is 35.9 Å². The normalized spacial score (nSPS) is 24.3. The van der Waals surface area contributed by atoms with Crippen LogP contribution in [-0.4, -0.2) is 103 Å². The number of rotatable bonds is 4. The van der Waals surface area contributed by atoms with Crippen LogP contribution in [0.5, 0.6) is 74.7 Å². The minimum atomic E-state index is -1.58. The number of Topliss-reactive ketones (excluding diaryl/α,β-unsaturated/α-hetero) is 1. The van der Waals surface area contributed by atoms with Gasteiger partial charge in [0.25, 0.3) is 0 Å². The molecule has 324 valence electrons. The second-order valence-corrected chi connectivity index (χ2v) is 16.0. The summed E-state index contributed by atoms with van der Waals surface area (Å²) in [5.41, 5.74) is 0.187. The maximum absolute atomic E-state index is 13.6. The molecule has 0 amide bonds. The minimum Gasteiger partial charge on any atom is -0.508 e. The molecule has 0 saturated heterocycles. The number of aliphatic hydroxyl groups excluding tert-OH is 4. The predicted molar refractivity (Wildman–Crippen MR) is 214 cm³/mol. The highest BCUT2D eigenvalue weighted by Crippen LogP contribution is 2.57. The molecule has 13 N–H and O–H groups in total. The third-order valence-electron chi connectivity index (χ3n) is 12.1. The lowest BCUT2D eigenvalue weighted by atomic mass is 9.81. The van der Waals surface area contributed by atoms with Gasteiger partial charge >= 0.3 is 0 Å². The van der Waals surface area contributed by atoms with Crippen LogP contribution < -0.4 is 18.9 Å². The molecule has 0 aromatic heterocycles. The van der Waals surface area contributed by atoms with Crippen LogP contribution in [0.4, 0.5) is 0 Å². The summed E-state index contributed by atoms with van der Waals surface area (Å²) in [6, 6.07) is 10.3. The molecule has 0 spiro atoms. The lowest BCUT2D eigenvalue weighted by Crippen LogP contribution is -2.42. The highest BCUT2D eigenvalue weighted by Gasteiger charge is 2.49. The summed E-state index contributed by atoms with van der Waals surface area (Å²) in [7, 11) is 0. The molecule has 5 aliphatic rings. The summed E-state index contributed by atoms with van der Waals surface area (Å²) in [4.78, 5) is 13.6. The van der Waals surface area contributed by atoms with Crippen LogP contribution in [0.1, 0.15) is 45.6 Å². The lowest BCUT2D eigenvalue weighted by Gasteiger charge is -2.36. The van der Waals surface area contributed by atoms with Crippen molar-refractivity contribution >= 4 is 11.4 Å². The van der Waals surface area contributed by atoms with E-state index in [1.165, 1.54) is 30.3 Å².